The van der Waals surface area contributed by atoms with Crippen LogP contribution >= 0.6 is 0 Å². The Morgan fingerprint density at radius 2 is 1.69 bits per heavy atom. The molecule has 1 spiro atoms. The van der Waals surface area contributed by atoms with Gasteiger partial charge in [0.1, 0.15) is 5.76 Å². The Balaban J connectivity index is 1.51. The molecule has 0 aromatic heterocycles. The van der Waals surface area contributed by atoms with Crippen molar-refractivity contribution < 1.29 is 63.0 Å². The molecule has 1 fully saturated rings. The number of rotatable bonds is 8. The lowest BCUT2D eigenvalue weighted by Crippen LogP contribution is -2.74. The summed E-state index contributed by atoms with van der Waals surface area (Å²) in [5, 5.41) is 32.0. The normalized spacial score (nSPS) is 29.0. The number of esters is 4. The number of aromatic hydroxyl groups is 1. The number of carbonyl (C=O) groups excluding carboxylic acids is 4. The minimum atomic E-state index is -2.19. The quantitative estimate of drug-likeness (QED) is 0.273. The topological polar surface area (TPSA) is 195 Å². The third-order valence-electron chi connectivity index (χ3n) is 8.54. The largest absolute Gasteiger partial charge is 0.504 e. The van der Waals surface area contributed by atoms with Gasteiger partial charge in [0.05, 0.1) is 11.0 Å². The molecule has 2 aliphatic heterocycles. The van der Waals surface area contributed by atoms with Gasteiger partial charge >= 0.3 is 29.8 Å². The van der Waals surface area contributed by atoms with Crippen molar-refractivity contribution in [3.63, 3.8) is 0 Å². The summed E-state index contributed by atoms with van der Waals surface area (Å²) < 4.78 is 26.7. The highest BCUT2D eigenvalue weighted by atomic mass is 16.6. The van der Waals surface area contributed by atoms with Crippen molar-refractivity contribution in [3.8, 4) is 11.5 Å². The van der Waals surface area contributed by atoms with Crippen molar-refractivity contribution in [2.24, 2.45) is 0 Å². The van der Waals surface area contributed by atoms with E-state index in [1.54, 1.807) is 6.07 Å². The molecule has 14 nitrogen and oxygen atoms in total. The Labute approximate surface area is 239 Å². The highest BCUT2D eigenvalue weighted by Crippen LogP contribution is 2.65. The van der Waals surface area contributed by atoms with Crippen molar-refractivity contribution >= 4 is 29.8 Å². The summed E-state index contributed by atoms with van der Waals surface area (Å²) in [7, 11) is 1.91. The number of benzene rings is 1. The SMILES string of the molecule is CC(=O)O[C@@H](C(=O)OC1=CC[C@@]2(O)[C@@H]3Cc4ccc(O)c5c4[C@@]2(CCN3C)[C@H]1O5)[C@@H](OC(C)=O)C(=O)O[C@@H](C)C(=O)O. The van der Waals surface area contributed by atoms with E-state index < -0.39 is 65.3 Å². The molecule has 1 saturated heterocycles. The zero-order valence-electron chi connectivity index (χ0n) is 23.3. The van der Waals surface area contributed by atoms with Gasteiger partial charge in [-0.25, -0.2) is 14.4 Å². The van der Waals surface area contributed by atoms with Crippen LogP contribution in [0.2, 0.25) is 0 Å². The van der Waals surface area contributed by atoms with E-state index in [4.69, 9.17) is 28.8 Å². The molecule has 2 bridgehead atoms. The summed E-state index contributed by atoms with van der Waals surface area (Å²) in [6.45, 7) is 3.47. The monoisotopic (exact) mass is 589 g/mol. The number of likely N-dealkylation sites (N-methyl/N-ethyl adjacent to an activating group) is 1. The number of phenols is 1. The van der Waals surface area contributed by atoms with Crippen LogP contribution in [0.15, 0.2) is 24.0 Å². The summed E-state index contributed by atoms with van der Waals surface area (Å²) in [5.41, 5.74) is -0.930. The number of phenolic OH excluding ortho intramolecular Hbond substituents is 1. The number of likely N-dealkylation sites (tertiary alicyclic amines) is 1. The van der Waals surface area contributed by atoms with E-state index in [0.29, 0.717) is 24.9 Å². The molecule has 1 aromatic rings. The van der Waals surface area contributed by atoms with Crippen LogP contribution in [0.3, 0.4) is 0 Å². The predicted octanol–water partition coefficient (Wildman–Crippen LogP) is 0.0928. The molecular weight excluding hydrogens is 558 g/mol. The molecule has 14 heteroatoms. The summed E-state index contributed by atoms with van der Waals surface area (Å²) in [5.74, 6) is -6.45. The Morgan fingerprint density at radius 1 is 1.05 bits per heavy atom. The Bertz CT molecular complexity index is 1400. The van der Waals surface area contributed by atoms with E-state index in [0.717, 1.165) is 26.3 Å². The lowest BCUT2D eigenvalue weighted by atomic mass is 9.50. The number of hydrogen-bond donors (Lipinski definition) is 3. The molecule has 0 radical (unpaired) electrons. The second-order valence-electron chi connectivity index (χ2n) is 11.0. The van der Waals surface area contributed by atoms with Crippen LogP contribution in [0, 0.1) is 0 Å². The fraction of sp³-hybridized carbons (Fsp3) is 0.536. The maximum Gasteiger partial charge on any atom is 0.357 e. The molecule has 0 amide bonds. The molecule has 1 aromatic carbocycles. The summed E-state index contributed by atoms with van der Waals surface area (Å²) in [6.07, 6.45) is -4.72. The van der Waals surface area contributed by atoms with Crippen LogP contribution in [0.4, 0.5) is 0 Å². The van der Waals surface area contributed by atoms with Crippen molar-refractivity contribution in [1.82, 2.24) is 4.90 Å². The maximum atomic E-state index is 13.6. The number of piperidine rings is 1. The van der Waals surface area contributed by atoms with Crippen molar-refractivity contribution in [1.29, 1.82) is 0 Å². The van der Waals surface area contributed by atoms with Crippen LogP contribution in [-0.2, 0) is 54.8 Å². The average molecular weight is 590 g/mol. The highest BCUT2D eigenvalue weighted by Gasteiger charge is 2.72. The number of carboxylic acids is 1. The van der Waals surface area contributed by atoms with Crippen LogP contribution in [0.5, 0.6) is 11.5 Å². The standard InChI is InChI=1S/C28H31NO13/c1-12(24(33)34)38-25(35)21(39-13(2)30)22(40-14(3)31)26(36)41-17-7-8-28(37)18-11-15-5-6-16(32)20-19(15)27(28,23(17)42-20)9-10-29(18)4/h5-7,12,18,21-23,32,37H,8-11H2,1-4H3,(H,33,34)/t12-,18-,21+,22+,23-,27-,28+/m0/s1. The van der Waals surface area contributed by atoms with Crippen LogP contribution in [-0.4, -0.2) is 99.7 Å². The molecule has 42 heavy (non-hydrogen) atoms. The Kier molecular flexibility index (Phi) is 7.18. The van der Waals surface area contributed by atoms with Gasteiger partial charge < -0.3 is 43.9 Å². The minimum absolute atomic E-state index is 0.0444. The first kappa shape index (κ1) is 29.3. The van der Waals surface area contributed by atoms with E-state index in [1.165, 1.54) is 12.1 Å². The predicted molar refractivity (Wildman–Crippen MR) is 137 cm³/mol. The fourth-order valence-electron chi connectivity index (χ4n) is 6.73. The molecule has 3 N–H and O–H groups in total. The average Bonchev–Trinajstić information content (AvgIpc) is 3.27. The van der Waals surface area contributed by atoms with Gasteiger partial charge in [-0.05, 0) is 51.1 Å². The zero-order valence-corrected chi connectivity index (χ0v) is 23.3. The van der Waals surface area contributed by atoms with Gasteiger partial charge in [0.15, 0.2) is 23.7 Å². The molecule has 5 rings (SSSR count). The van der Waals surface area contributed by atoms with Crippen LogP contribution in [0.1, 0.15) is 44.7 Å². The first-order valence-electron chi connectivity index (χ1n) is 13.3. The number of nitrogens with zero attached hydrogens (tertiary/aromatic N) is 1. The van der Waals surface area contributed by atoms with Gasteiger partial charge in [0.2, 0.25) is 12.2 Å². The number of ether oxygens (including phenoxy) is 5. The number of aliphatic hydroxyl groups is 1. The second kappa shape index (κ2) is 10.3. The van der Waals surface area contributed by atoms with Gasteiger partial charge in [0.25, 0.3) is 0 Å². The van der Waals surface area contributed by atoms with Gasteiger partial charge in [-0.2, -0.15) is 0 Å². The Morgan fingerprint density at radius 3 is 2.31 bits per heavy atom. The maximum absolute atomic E-state index is 13.6. The third-order valence-corrected chi connectivity index (χ3v) is 8.54. The molecule has 226 valence electrons. The lowest BCUT2D eigenvalue weighted by molar-refractivity contribution is -0.194. The molecule has 2 heterocycles. The molecule has 0 saturated carbocycles. The zero-order chi connectivity index (χ0) is 30.7. The number of carbonyl (C=O) groups is 5. The smallest absolute Gasteiger partial charge is 0.357 e. The van der Waals surface area contributed by atoms with E-state index in [1.807, 2.05) is 7.05 Å². The first-order chi connectivity index (χ1) is 19.7. The molecule has 4 aliphatic rings. The number of aliphatic carboxylic acids is 1. The Hall–Kier alpha value is -4.17. The lowest BCUT2D eigenvalue weighted by Gasteiger charge is -2.61. The van der Waals surface area contributed by atoms with Crippen LogP contribution in [0.25, 0.3) is 0 Å². The van der Waals surface area contributed by atoms with Gasteiger partial charge in [-0.15, -0.1) is 0 Å². The van der Waals surface area contributed by atoms with E-state index in [2.05, 4.69) is 4.90 Å². The molecule has 0 unspecified atom stereocenters. The highest BCUT2D eigenvalue weighted by molar-refractivity contribution is 5.90. The first-order valence-corrected chi connectivity index (χ1v) is 13.3. The second-order valence-corrected chi connectivity index (χ2v) is 11.0. The van der Waals surface area contributed by atoms with Gasteiger partial charge in [-0.1, -0.05) is 6.07 Å². The molecular formula is C28H31NO13. The van der Waals surface area contributed by atoms with Crippen molar-refractivity contribution in [2.45, 2.75) is 81.5 Å². The number of hydrogen-bond acceptors (Lipinski definition) is 13. The minimum Gasteiger partial charge on any atom is -0.504 e. The fourth-order valence-corrected chi connectivity index (χ4v) is 6.73. The number of carboxylic acid groups (broad SMARTS) is 1. The van der Waals surface area contributed by atoms with Gasteiger partial charge in [0, 0.05) is 31.9 Å². The molecule has 2 aliphatic carbocycles. The van der Waals surface area contributed by atoms with Crippen molar-refractivity contribution in [3.05, 3.63) is 35.1 Å². The van der Waals surface area contributed by atoms with Gasteiger partial charge in [-0.3, -0.25) is 9.59 Å². The summed E-state index contributed by atoms with van der Waals surface area (Å²) in [4.78, 5) is 63.4. The summed E-state index contributed by atoms with van der Waals surface area (Å²) in [6, 6.07) is 2.98. The summed E-state index contributed by atoms with van der Waals surface area (Å²) >= 11 is 0. The van der Waals surface area contributed by atoms with E-state index in [-0.39, 0.29) is 29.7 Å². The molecule has 7 atom stereocenters. The van der Waals surface area contributed by atoms with E-state index >= 15 is 0 Å². The van der Waals surface area contributed by atoms with Crippen LogP contribution < -0.4 is 4.74 Å². The van der Waals surface area contributed by atoms with E-state index in [9.17, 15) is 34.2 Å². The van der Waals surface area contributed by atoms with Crippen molar-refractivity contribution in [2.75, 3.05) is 13.6 Å². The third kappa shape index (κ3) is 4.36.